The molecule has 5 rings (SSSR count). The Hall–Kier alpha value is -1.51. The third kappa shape index (κ3) is 3.49. The Bertz CT molecular complexity index is 765. The van der Waals surface area contributed by atoms with Gasteiger partial charge in [-0.1, -0.05) is 38.7 Å². The largest absolute Gasteiger partial charge is 0.508 e. The van der Waals surface area contributed by atoms with Gasteiger partial charge in [-0.3, -0.25) is 4.79 Å². The van der Waals surface area contributed by atoms with E-state index in [4.69, 9.17) is 4.74 Å². The van der Waals surface area contributed by atoms with Gasteiger partial charge in [0.15, 0.2) is 0 Å². The molecular formula is C26H36O3. The van der Waals surface area contributed by atoms with Crippen LogP contribution < -0.4 is 0 Å². The van der Waals surface area contributed by atoms with Crippen LogP contribution in [0.25, 0.3) is 0 Å². The first-order chi connectivity index (χ1) is 14.0. The minimum Gasteiger partial charge on any atom is -0.508 e. The molecule has 3 heteroatoms. The first-order valence-corrected chi connectivity index (χ1v) is 12.1. The average Bonchev–Trinajstić information content (AvgIpc) is 3.34. The summed E-state index contributed by atoms with van der Waals surface area (Å²) in [5.74, 6) is 3.19. The van der Waals surface area contributed by atoms with Crippen molar-refractivity contribution in [3.63, 3.8) is 0 Å². The molecule has 3 fully saturated rings. The first kappa shape index (κ1) is 19.5. The predicted octanol–water partition coefficient (Wildman–Crippen LogP) is 6.13. The van der Waals surface area contributed by atoms with E-state index in [1.165, 1.54) is 56.1 Å². The van der Waals surface area contributed by atoms with E-state index in [-0.39, 0.29) is 17.5 Å². The summed E-state index contributed by atoms with van der Waals surface area (Å²) < 4.78 is 6.14. The Kier molecular flexibility index (Phi) is 5.12. The monoisotopic (exact) mass is 396 g/mol. The maximum absolute atomic E-state index is 12.6. The van der Waals surface area contributed by atoms with Crippen LogP contribution in [0.5, 0.6) is 5.75 Å². The number of esters is 1. The zero-order chi connectivity index (χ0) is 20.0. The van der Waals surface area contributed by atoms with Crippen LogP contribution in [0.15, 0.2) is 18.2 Å². The lowest BCUT2D eigenvalue weighted by Crippen LogP contribution is -2.45. The lowest BCUT2D eigenvalue weighted by molar-refractivity contribution is -0.157. The number of benzene rings is 1. The fraction of sp³-hybridized carbons (Fsp3) is 0.731. The molecular weight excluding hydrogens is 360 g/mol. The van der Waals surface area contributed by atoms with Crippen molar-refractivity contribution in [3.05, 3.63) is 29.3 Å². The molecule has 0 spiro atoms. The SMILES string of the molecule is C[C@]12CCC3c4ccc(O)cc4CCC3C1CCC2OC(=O)CCC1CCCC1. The van der Waals surface area contributed by atoms with Gasteiger partial charge in [-0.25, -0.2) is 0 Å². The number of phenolic OH excluding ortho intramolecular Hbond substituents is 1. The van der Waals surface area contributed by atoms with Crippen molar-refractivity contribution in [2.75, 3.05) is 0 Å². The maximum atomic E-state index is 12.6. The van der Waals surface area contributed by atoms with E-state index < -0.39 is 0 Å². The van der Waals surface area contributed by atoms with E-state index in [0.29, 0.717) is 29.9 Å². The van der Waals surface area contributed by atoms with Gasteiger partial charge in [-0.15, -0.1) is 0 Å². The van der Waals surface area contributed by atoms with Crippen molar-refractivity contribution in [3.8, 4) is 5.75 Å². The van der Waals surface area contributed by atoms with Crippen LogP contribution >= 0.6 is 0 Å². The normalized spacial score (nSPS) is 36.3. The summed E-state index contributed by atoms with van der Waals surface area (Å²) in [7, 11) is 0. The number of rotatable bonds is 4. The van der Waals surface area contributed by atoms with E-state index in [1.807, 2.05) is 12.1 Å². The summed E-state index contributed by atoms with van der Waals surface area (Å²) >= 11 is 0. The minimum absolute atomic E-state index is 0.0513. The molecule has 1 aromatic rings. The smallest absolute Gasteiger partial charge is 0.306 e. The van der Waals surface area contributed by atoms with Gasteiger partial charge in [0.25, 0.3) is 0 Å². The zero-order valence-electron chi connectivity index (χ0n) is 17.9. The second kappa shape index (κ2) is 7.63. The van der Waals surface area contributed by atoms with Crippen LogP contribution in [0.4, 0.5) is 0 Å². The first-order valence-electron chi connectivity index (χ1n) is 12.1. The van der Waals surface area contributed by atoms with Crippen molar-refractivity contribution in [1.82, 2.24) is 0 Å². The molecule has 0 bridgehead atoms. The summed E-state index contributed by atoms with van der Waals surface area (Å²) in [4.78, 5) is 12.6. The van der Waals surface area contributed by atoms with Gasteiger partial charge in [0.2, 0.25) is 0 Å². The third-order valence-electron chi connectivity index (χ3n) is 9.13. The molecule has 0 radical (unpaired) electrons. The lowest BCUT2D eigenvalue weighted by atomic mass is 9.55. The van der Waals surface area contributed by atoms with Gasteiger partial charge < -0.3 is 9.84 Å². The van der Waals surface area contributed by atoms with Crippen LogP contribution in [0.2, 0.25) is 0 Å². The van der Waals surface area contributed by atoms with E-state index in [0.717, 1.165) is 31.6 Å². The molecule has 5 atom stereocenters. The molecule has 1 aromatic carbocycles. The fourth-order valence-corrected chi connectivity index (χ4v) is 7.55. The molecule has 0 amide bonds. The molecule has 4 aliphatic rings. The van der Waals surface area contributed by atoms with Crippen LogP contribution in [-0.4, -0.2) is 17.2 Å². The Morgan fingerprint density at radius 1 is 1.14 bits per heavy atom. The highest BCUT2D eigenvalue weighted by molar-refractivity contribution is 5.69. The van der Waals surface area contributed by atoms with E-state index in [2.05, 4.69) is 13.0 Å². The Morgan fingerprint density at radius 3 is 2.79 bits per heavy atom. The molecule has 158 valence electrons. The highest BCUT2D eigenvalue weighted by Gasteiger charge is 2.56. The molecule has 4 aliphatic carbocycles. The number of hydrogen-bond donors (Lipinski definition) is 1. The van der Waals surface area contributed by atoms with E-state index in [1.54, 1.807) is 0 Å². The standard InChI is InChI=1S/C26H36O3/c1-26-15-14-21-20-10-8-19(27)16-18(20)7-9-22(21)23(26)11-12-24(26)29-25(28)13-6-17-4-2-3-5-17/h8,10,16-17,21-24,27H,2-7,9,11-15H2,1H3/t21?,22?,23?,24?,26-/m0/s1. The van der Waals surface area contributed by atoms with Crippen molar-refractivity contribution in [2.24, 2.45) is 23.2 Å². The fourth-order valence-electron chi connectivity index (χ4n) is 7.55. The van der Waals surface area contributed by atoms with Crippen LogP contribution in [0.3, 0.4) is 0 Å². The molecule has 3 saturated carbocycles. The van der Waals surface area contributed by atoms with E-state index >= 15 is 0 Å². The number of fused-ring (bicyclic) bond motifs is 5. The highest BCUT2D eigenvalue weighted by Crippen LogP contribution is 2.61. The predicted molar refractivity (Wildman–Crippen MR) is 114 cm³/mol. The Morgan fingerprint density at radius 2 is 1.97 bits per heavy atom. The van der Waals surface area contributed by atoms with Crippen molar-refractivity contribution < 1.29 is 14.6 Å². The van der Waals surface area contributed by atoms with Gasteiger partial charge in [0.1, 0.15) is 11.9 Å². The summed E-state index contributed by atoms with van der Waals surface area (Å²) in [6, 6.07) is 6.00. The average molecular weight is 397 g/mol. The molecule has 0 saturated heterocycles. The third-order valence-corrected chi connectivity index (χ3v) is 9.13. The van der Waals surface area contributed by atoms with Crippen molar-refractivity contribution in [2.45, 2.75) is 96.0 Å². The second-order valence-electron chi connectivity index (χ2n) is 10.6. The van der Waals surface area contributed by atoms with Gasteiger partial charge >= 0.3 is 5.97 Å². The lowest BCUT2D eigenvalue weighted by Gasteiger charge is -2.50. The molecule has 0 aromatic heterocycles. The number of carbonyl (C=O) groups is 1. The molecule has 29 heavy (non-hydrogen) atoms. The summed E-state index contributed by atoms with van der Waals surface area (Å²) in [5.41, 5.74) is 2.97. The number of ether oxygens (including phenoxy) is 1. The van der Waals surface area contributed by atoms with Crippen molar-refractivity contribution in [1.29, 1.82) is 0 Å². The molecule has 0 heterocycles. The van der Waals surface area contributed by atoms with E-state index in [9.17, 15) is 9.90 Å². The number of carbonyl (C=O) groups excluding carboxylic acids is 1. The quantitative estimate of drug-likeness (QED) is 0.623. The van der Waals surface area contributed by atoms with Gasteiger partial charge in [0.05, 0.1) is 0 Å². The van der Waals surface area contributed by atoms with Crippen molar-refractivity contribution >= 4 is 5.97 Å². The van der Waals surface area contributed by atoms with Crippen LogP contribution in [0, 0.1) is 23.2 Å². The van der Waals surface area contributed by atoms with Crippen LogP contribution in [-0.2, 0) is 16.0 Å². The molecule has 0 aliphatic heterocycles. The number of aromatic hydroxyl groups is 1. The van der Waals surface area contributed by atoms with Gasteiger partial charge in [0, 0.05) is 11.8 Å². The Balaban J connectivity index is 1.25. The summed E-state index contributed by atoms with van der Waals surface area (Å²) in [5, 5.41) is 9.86. The molecule has 3 nitrogen and oxygen atoms in total. The summed E-state index contributed by atoms with van der Waals surface area (Å²) in [6.07, 6.45) is 13.9. The van der Waals surface area contributed by atoms with Crippen LogP contribution in [0.1, 0.15) is 94.6 Å². The van der Waals surface area contributed by atoms with Gasteiger partial charge in [-0.2, -0.15) is 0 Å². The minimum atomic E-state index is 0.0513. The number of phenols is 1. The topological polar surface area (TPSA) is 46.5 Å². The number of hydrogen-bond acceptors (Lipinski definition) is 3. The van der Waals surface area contributed by atoms with Gasteiger partial charge in [-0.05, 0) is 91.9 Å². The number of aryl methyl sites for hydroxylation is 1. The summed E-state index contributed by atoms with van der Waals surface area (Å²) in [6.45, 7) is 2.40. The highest BCUT2D eigenvalue weighted by atomic mass is 16.5. The maximum Gasteiger partial charge on any atom is 0.306 e. The Labute approximate surface area is 175 Å². The second-order valence-corrected chi connectivity index (χ2v) is 10.6. The molecule has 4 unspecified atom stereocenters. The zero-order valence-corrected chi connectivity index (χ0v) is 17.9. The molecule has 1 N–H and O–H groups in total.